The SMILES string of the molecule is COC(=O)C1CCC2C3CC4(CC4)C4(O)NC(=O)CCC4(C)C3CCC12C. The second kappa shape index (κ2) is 5.28. The number of amides is 1. The number of rotatable bonds is 1. The van der Waals surface area contributed by atoms with Gasteiger partial charge in [-0.15, -0.1) is 0 Å². The summed E-state index contributed by atoms with van der Waals surface area (Å²) in [7, 11) is 1.51. The van der Waals surface area contributed by atoms with Gasteiger partial charge in [0.05, 0.1) is 13.0 Å². The monoisotopic (exact) mass is 375 g/mol. The predicted octanol–water partition coefficient (Wildman–Crippen LogP) is 3.01. The van der Waals surface area contributed by atoms with Crippen LogP contribution >= 0.6 is 0 Å². The smallest absolute Gasteiger partial charge is 0.309 e. The molecule has 0 aromatic rings. The van der Waals surface area contributed by atoms with E-state index < -0.39 is 5.72 Å². The second-order valence-corrected chi connectivity index (χ2v) is 10.7. The molecule has 0 aromatic heterocycles. The van der Waals surface area contributed by atoms with Crippen LogP contribution in [0.1, 0.15) is 71.6 Å². The minimum atomic E-state index is -1.05. The van der Waals surface area contributed by atoms with E-state index in [1.54, 1.807) is 0 Å². The van der Waals surface area contributed by atoms with Gasteiger partial charge >= 0.3 is 5.97 Å². The van der Waals surface area contributed by atoms with Gasteiger partial charge in [0, 0.05) is 17.3 Å². The third-order valence-electron chi connectivity index (χ3n) is 10.0. The Morgan fingerprint density at radius 3 is 2.52 bits per heavy atom. The summed E-state index contributed by atoms with van der Waals surface area (Å²) in [4.78, 5) is 24.6. The molecule has 1 aliphatic heterocycles. The lowest BCUT2D eigenvalue weighted by Gasteiger charge is -2.66. The van der Waals surface area contributed by atoms with Gasteiger partial charge in [0.25, 0.3) is 0 Å². The van der Waals surface area contributed by atoms with E-state index in [2.05, 4.69) is 19.2 Å². The highest BCUT2D eigenvalue weighted by molar-refractivity contribution is 5.78. The third-order valence-corrected chi connectivity index (χ3v) is 10.0. The van der Waals surface area contributed by atoms with E-state index in [0.717, 1.165) is 51.4 Å². The van der Waals surface area contributed by atoms with Crippen LogP contribution in [-0.2, 0) is 14.3 Å². The Balaban J connectivity index is 1.53. The first-order chi connectivity index (χ1) is 12.7. The summed E-state index contributed by atoms with van der Waals surface area (Å²) in [6.45, 7) is 4.55. The van der Waals surface area contributed by atoms with Crippen LogP contribution in [0.5, 0.6) is 0 Å². The number of nitrogens with one attached hydrogen (secondary N) is 1. The molecule has 1 heterocycles. The number of hydrogen-bond acceptors (Lipinski definition) is 4. The summed E-state index contributed by atoms with van der Waals surface area (Å²) in [5.41, 5.74) is -1.44. The fourth-order valence-corrected chi connectivity index (χ4v) is 8.36. The molecule has 4 saturated carbocycles. The lowest BCUT2D eigenvalue weighted by atomic mass is 9.43. The summed E-state index contributed by atoms with van der Waals surface area (Å²) in [6, 6.07) is 0. The Morgan fingerprint density at radius 1 is 1.11 bits per heavy atom. The average Bonchev–Trinajstić information content (AvgIpc) is 3.32. The van der Waals surface area contributed by atoms with Crippen LogP contribution in [0.3, 0.4) is 0 Å². The average molecular weight is 376 g/mol. The van der Waals surface area contributed by atoms with Gasteiger partial charge in [-0.3, -0.25) is 9.59 Å². The van der Waals surface area contributed by atoms with Crippen molar-refractivity contribution in [2.45, 2.75) is 77.4 Å². The van der Waals surface area contributed by atoms with E-state index in [4.69, 9.17) is 4.74 Å². The molecule has 5 aliphatic rings. The molecule has 1 spiro atoms. The summed E-state index contributed by atoms with van der Waals surface area (Å²) >= 11 is 0. The molecular formula is C22H33NO4. The maximum atomic E-state index is 12.4. The molecule has 1 amide bonds. The van der Waals surface area contributed by atoms with E-state index >= 15 is 0 Å². The van der Waals surface area contributed by atoms with E-state index in [1.807, 2.05) is 0 Å². The lowest BCUT2D eigenvalue weighted by molar-refractivity contribution is -0.252. The topological polar surface area (TPSA) is 75.6 Å². The van der Waals surface area contributed by atoms with Crippen molar-refractivity contribution in [3.8, 4) is 0 Å². The Labute approximate surface area is 161 Å². The zero-order valence-electron chi connectivity index (χ0n) is 16.8. The molecule has 7 atom stereocenters. The van der Waals surface area contributed by atoms with Crippen LogP contribution in [0, 0.1) is 39.9 Å². The first-order valence-electron chi connectivity index (χ1n) is 10.8. The summed E-state index contributed by atoms with van der Waals surface area (Å²) < 4.78 is 5.14. The van der Waals surface area contributed by atoms with Crippen molar-refractivity contribution in [3.05, 3.63) is 0 Å². The van der Waals surface area contributed by atoms with Gasteiger partial charge in [0.1, 0.15) is 5.72 Å². The van der Waals surface area contributed by atoms with Gasteiger partial charge in [-0.1, -0.05) is 13.8 Å². The summed E-state index contributed by atoms with van der Waals surface area (Å²) in [6.07, 6.45) is 8.39. The number of hydrogen-bond donors (Lipinski definition) is 2. The molecule has 0 bridgehead atoms. The Morgan fingerprint density at radius 2 is 1.85 bits per heavy atom. The minimum Gasteiger partial charge on any atom is -0.469 e. The maximum Gasteiger partial charge on any atom is 0.309 e. The van der Waals surface area contributed by atoms with Crippen LogP contribution in [0.2, 0.25) is 0 Å². The number of methoxy groups -OCH3 is 1. The van der Waals surface area contributed by atoms with Crippen molar-refractivity contribution in [1.82, 2.24) is 5.32 Å². The van der Waals surface area contributed by atoms with E-state index in [-0.39, 0.29) is 34.0 Å². The molecule has 4 aliphatic carbocycles. The number of carbonyl (C=O) groups excluding carboxylic acids is 2. The highest BCUT2D eigenvalue weighted by Gasteiger charge is 2.75. The normalized spacial score (nSPS) is 52.4. The predicted molar refractivity (Wildman–Crippen MR) is 99.3 cm³/mol. The van der Waals surface area contributed by atoms with E-state index in [1.165, 1.54) is 7.11 Å². The Bertz CT molecular complexity index is 702. The van der Waals surface area contributed by atoms with Crippen LogP contribution in [0.15, 0.2) is 0 Å². The molecule has 5 fully saturated rings. The molecule has 27 heavy (non-hydrogen) atoms. The number of ether oxygens (including phenoxy) is 1. The summed E-state index contributed by atoms with van der Waals surface area (Å²) in [5, 5.41) is 14.9. The van der Waals surface area contributed by atoms with Crippen LogP contribution in [0.25, 0.3) is 0 Å². The van der Waals surface area contributed by atoms with Crippen LogP contribution in [-0.4, -0.2) is 29.8 Å². The molecule has 5 rings (SSSR count). The molecular weight excluding hydrogens is 342 g/mol. The molecule has 5 heteroatoms. The van der Waals surface area contributed by atoms with Crippen molar-refractivity contribution in [2.24, 2.45) is 39.9 Å². The molecule has 5 nitrogen and oxygen atoms in total. The summed E-state index contributed by atoms with van der Waals surface area (Å²) in [5.74, 6) is 1.47. The van der Waals surface area contributed by atoms with Crippen molar-refractivity contribution >= 4 is 11.9 Å². The van der Waals surface area contributed by atoms with Crippen molar-refractivity contribution in [1.29, 1.82) is 0 Å². The van der Waals surface area contributed by atoms with Gasteiger partial charge in [-0.25, -0.2) is 0 Å². The number of esters is 1. The highest BCUT2D eigenvalue weighted by Crippen LogP contribution is 2.75. The Kier molecular flexibility index (Phi) is 3.51. The zero-order valence-corrected chi connectivity index (χ0v) is 16.8. The quantitative estimate of drug-likeness (QED) is 0.691. The molecule has 1 saturated heterocycles. The minimum absolute atomic E-state index is 0.00645. The van der Waals surface area contributed by atoms with Crippen molar-refractivity contribution in [2.75, 3.05) is 7.11 Å². The molecule has 0 aromatic carbocycles. The second-order valence-electron chi connectivity index (χ2n) is 10.7. The maximum absolute atomic E-state index is 12.4. The van der Waals surface area contributed by atoms with Crippen molar-refractivity contribution < 1.29 is 19.4 Å². The molecule has 2 N–H and O–H groups in total. The van der Waals surface area contributed by atoms with Gasteiger partial charge in [0.15, 0.2) is 0 Å². The lowest BCUT2D eigenvalue weighted by Crippen LogP contribution is -2.74. The molecule has 0 radical (unpaired) electrons. The zero-order chi connectivity index (χ0) is 19.2. The molecule has 150 valence electrons. The van der Waals surface area contributed by atoms with Crippen molar-refractivity contribution in [3.63, 3.8) is 0 Å². The fourth-order valence-electron chi connectivity index (χ4n) is 8.36. The van der Waals surface area contributed by atoms with Gasteiger partial charge in [0.2, 0.25) is 5.91 Å². The highest BCUT2D eigenvalue weighted by atomic mass is 16.5. The third kappa shape index (κ3) is 2.00. The molecule has 7 unspecified atom stereocenters. The Hall–Kier alpha value is -1.10. The van der Waals surface area contributed by atoms with E-state index in [9.17, 15) is 14.7 Å². The largest absolute Gasteiger partial charge is 0.469 e. The van der Waals surface area contributed by atoms with Gasteiger partial charge < -0.3 is 15.2 Å². The van der Waals surface area contributed by atoms with Gasteiger partial charge in [-0.2, -0.15) is 0 Å². The fraction of sp³-hybridized carbons (Fsp3) is 0.909. The van der Waals surface area contributed by atoms with Gasteiger partial charge in [-0.05, 0) is 74.5 Å². The standard InChI is InChI=1S/C22H33NO4/c1-19-8-6-15-13(14(19)4-5-16(19)18(25)27-3)12-21(10-11-21)22(26)20(15,2)9-7-17(24)23-22/h13-16,26H,4-12H2,1-3H3,(H,23,24). The first kappa shape index (κ1) is 18.0. The number of fused-ring (bicyclic) bond motifs is 6. The number of carbonyl (C=O) groups is 2. The number of piperidine rings is 1. The first-order valence-corrected chi connectivity index (χ1v) is 10.8. The number of aliphatic hydroxyl groups is 1. The van der Waals surface area contributed by atoms with E-state index in [0.29, 0.717) is 24.2 Å². The van der Waals surface area contributed by atoms with Crippen LogP contribution in [0.4, 0.5) is 0 Å². The van der Waals surface area contributed by atoms with Crippen LogP contribution < -0.4 is 5.32 Å².